The van der Waals surface area contributed by atoms with E-state index in [1.54, 1.807) is 6.92 Å². The second kappa shape index (κ2) is 7.42. The van der Waals surface area contributed by atoms with Crippen LogP contribution < -0.4 is 0 Å². The molecule has 6 rings (SSSR count). The molecule has 3 saturated heterocycles. The molecule has 0 unspecified atom stereocenters. The van der Waals surface area contributed by atoms with E-state index in [0.717, 1.165) is 24.8 Å². The number of ether oxygens (including phenoxy) is 3. The number of rotatable bonds is 1. The highest BCUT2D eigenvalue weighted by Crippen LogP contribution is 2.64. The summed E-state index contributed by atoms with van der Waals surface area (Å²) in [4.78, 5) is 26.2. The third kappa shape index (κ3) is 2.95. The minimum Gasteiger partial charge on any atom is -0.454 e. The standard InChI is InChI=1S/C28H38O7/c1-15-14-22(33-23(30)16(15)2)26(4)20-11-13-28(32)19-9-8-17-6-5-7-21(29)25(17,3)18(19)10-12-27(20,35-28)24(31)34-26/h8,18-22,29,32H,5-7,9-14H2,1-4H3/t18-,19+,20+,21+,22+,25-,26+,27+,28+/m0/s1. The molecule has 0 aromatic heterocycles. The molecule has 4 fully saturated rings. The predicted octanol–water partition coefficient (Wildman–Crippen LogP) is 3.72. The van der Waals surface area contributed by atoms with Crippen LogP contribution in [0.5, 0.6) is 0 Å². The molecule has 2 N–H and O–H groups in total. The summed E-state index contributed by atoms with van der Waals surface area (Å²) in [7, 11) is 0. The van der Waals surface area contributed by atoms with Crippen molar-refractivity contribution in [3.8, 4) is 0 Å². The summed E-state index contributed by atoms with van der Waals surface area (Å²) in [5.41, 5.74) is 0.127. The number of fused-ring (bicyclic) bond motifs is 5. The van der Waals surface area contributed by atoms with Crippen molar-refractivity contribution in [2.24, 2.45) is 23.2 Å². The Morgan fingerprint density at radius 1 is 1.06 bits per heavy atom. The van der Waals surface area contributed by atoms with Crippen LogP contribution >= 0.6 is 0 Å². The van der Waals surface area contributed by atoms with Gasteiger partial charge in [-0.3, -0.25) is 0 Å². The first-order chi connectivity index (χ1) is 16.5. The quantitative estimate of drug-likeness (QED) is 0.430. The van der Waals surface area contributed by atoms with Crippen LogP contribution in [0.15, 0.2) is 22.8 Å². The number of esters is 2. The Kier molecular flexibility index (Phi) is 5.02. The van der Waals surface area contributed by atoms with Crippen LogP contribution in [0.4, 0.5) is 0 Å². The van der Waals surface area contributed by atoms with Crippen molar-refractivity contribution in [2.45, 2.75) is 115 Å². The molecule has 7 heteroatoms. The van der Waals surface area contributed by atoms with Crippen molar-refractivity contribution >= 4 is 11.9 Å². The Morgan fingerprint density at radius 3 is 2.57 bits per heavy atom. The number of allylic oxidation sites excluding steroid dienone is 1. The van der Waals surface area contributed by atoms with Gasteiger partial charge in [-0.15, -0.1) is 0 Å². The second-order valence-electron chi connectivity index (χ2n) is 12.4. The Bertz CT molecular complexity index is 1050. The maximum Gasteiger partial charge on any atom is 0.339 e. The van der Waals surface area contributed by atoms with Gasteiger partial charge < -0.3 is 24.4 Å². The number of carbonyl (C=O) groups excluding carboxylic acids is 2. The fourth-order valence-corrected chi connectivity index (χ4v) is 8.67. The lowest BCUT2D eigenvalue weighted by molar-refractivity contribution is -0.321. The minimum absolute atomic E-state index is 0.0147. The highest BCUT2D eigenvalue weighted by molar-refractivity contribution is 5.90. The molecule has 9 atom stereocenters. The van der Waals surface area contributed by atoms with Crippen LogP contribution in [-0.4, -0.2) is 51.3 Å². The maximum atomic E-state index is 13.7. The molecule has 192 valence electrons. The SMILES string of the molecule is CC1=C(C)C(=O)O[C@@H]([C@]2(C)OC(=O)[C@@]34CC[C@H]5[C@@H](CC=C6CCC[C@@H](O)[C@@]65C)[C@@](O)(CC[C@H]23)O4)C1. The lowest BCUT2D eigenvalue weighted by atomic mass is 9.53. The van der Waals surface area contributed by atoms with E-state index in [-0.39, 0.29) is 23.7 Å². The zero-order chi connectivity index (χ0) is 25.0. The molecule has 6 aliphatic rings. The van der Waals surface area contributed by atoms with Crippen molar-refractivity contribution in [3.05, 3.63) is 22.8 Å². The monoisotopic (exact) mass is 486 g/mol. The zero-order valence-corrected chi connectivity index (χ0v) is 21.3. The van der Waals surface area contributed by atoms with Gasteiger partial charge in [-0.05, 0) is 71.6 Å². The molecule has 1 spiro atoms. The molecule has 35 heavy (non-hydrogen) atoms. The van der Waals surface area contributed by atoms with Crippen LogP contribution in [0.25, 0.3) is 0 Å². The Labute approximate surface area is 206 Å². The van der Waals surface area contributed by atoms with Crippen molar-refractivity contribution in [3.63, 3.8) is 0 Å². The van der Waals surface area contributed by atoms with E-state index in [1.165, 1.54) is 5.57 Å². The average molecular weight is 487 g/mol. The molecule has 0 radical (unpaired) electrons. The van der Waals surface area contributed by atoms with E-state index in [0.29, 0.717) is 44.1 Å². The van der Waals surface area contributed by atoms with Gasteiger partial charge in [0.25, 0.3) is 0 Å². The van der Waals surface area contributed by atoms with Gasteiger partial charge in [0.05, 0.1) is 6.10 Å². The first kappa shape index (κ1) is 23.7. The second-order valence-corrected chi connectivity index (χ2v) is 12.4. The van der Waals surface area contributed by atoms with E-state index in [1.807, 2.05) is 13.8 Å². The normalized spacial score (nSPS) is 51.4. The number of hydrogen-bond donors (Lipinski definition) is 2. The van der Waals surface area contributed by atoms with Crippen molar-refractivity contribution in [1.82, 2.24) is 0 Å². The lowest BCUT2D eigenvalue weighted by Gasteiger charge is -2.55. The van der Waals surface area contributed by atoms with Crippen LogP contribution in [0.2, 0.25) is 0 Å². The first-order valence-electron chi connectivity index (χ1n) is 13.4. The zero-order valence-electron chi connectivity index (χ0n) is 21.3. The summed E-state index contributed by atoms with van der Waals surface area (Å²) < 4.78 is 18.5. The molecule has 0 amide bonds. The van der Waals surface area contributed by atoms with E-state index >= 15 is 0 Å². The topological polar surface area (TPSA) is 102 Å². The fourth-order valence-electron chi connectivity index (χ4n) is 8.67. The van der Waals surface area contributed by atoms with Crippen molar-refractivity contribution in [2.75, 3.05) is 0 Å². The Morgan fingerprint density at radius 2 is 1.83 bits per heavy atom. The number of cyclic esters (lactones) is 2. The number of aliphatic hydroxyl groups is 2. The van der Waals surface area contributed by atoms with Gasteiger partial charge in [0.2, 0.25) is 0 Å². The summed E-state index contributed by atoms with van der Waals surface area (Å²) in [5.74, 6) is -2.78. The molecular weight excluding hydrogens is 448 g/mol. The summed E-state index contributed by atoms with van der Waals surface area (Å²) in [6.45, 7) is 7.70. The molecule has 2 aliphatic carbocycles. The van der Waals surface area contributed by atoms with Gasteiger partial charge in [0.15, 0.2) is 17.0 Å². The molecule has 0 aromatic rings. The van der Waals surface area contributed by atoms with Gasteiger partial charge in [0.1, 0.15) is 6.10 Å². The van der Waals surface area contributed by atoms with Crippen LogP contribution in [-0.2, 0) is 23.8 Å². The largest absolute Gasteiger partial charge is 0.454 e. The lowest BCUT2D eigenvalue weighted by Crippen LogP contribution is -2.61. The van der Waals surface area contributed by atoms with Crippen LogP contribution in [0.3, 0.4) is 0 Å². The van der Waals surface area contributed by atoms with Gasteiger partial charge in [-0.1, -0.05) is 24.1 Å². The maximum absolute atomic E-state index is 13.7. The van der Waals surface area contributed by atoms with E-state index in [9.17, 15) is 19.8 Å². The molecule has 7 nitrogen and oxygen atoms in total. The highest BCUT2D eigenvalue weighted by atomic mass is 16.7. The third-order valence-corrected chi connectivity index (χ3v) is 11.0. The summed E-state index contributed by atoms with van der Waals surface area (Å²) >= 11 is 0. The molecule has 4 heterocycles. The Balaban J connectivity index is 1.38. The summed E-state index contributed by atoms with van der Waals surface area (Å²) in [5, 5.41) is 23.2. The number of aliphatic hydroxyl groups excluding tert-OH is 1. The molecule has 0 aromatic carbocycles. The van der Waals surface area contributed by atoms with Gasteiger partial charge in [-0.2, -0.15) is 0 Å². The summed E-state index contributed by atoms with van der Waals surface area (Å²) in [6.07, 6.45) is 7.11. The third-order valence-electron chi connectivity index (χ3n) is 11.0. The van der Waals surface area contributed by atoms with E-state index < -0.39 is 40.6 Å². The van der Waals surface area contributed by atoms with E-state index in [4.69, 9.17) is 14.2 Å². The number of hydrogen-bond acceptors (Lipinski definition) is 7. The fraction of sp³-hybridized carbons (Fsp3) is 0.786. The summed E-state index contributed by atoms with van der Waals surface area (Å²) in [6, 6.07) is 0. The smallest absolute Gasteiger partial charge is 0.339 e. The van der Waals surface area contributed by atoms with Crippen molar-refractivity contribution in [1.29, 1.82) is 0 Å². The highest BCUT2D eigenvalue weighted by Gasteiger charge is 2.73. The van der Waals surface area contributed by atoms with Gasteiger partial charge in [-0.25, -0.2) is 9.59 Å². The van der Waals surface area contributed by atoms with Crippen molar-refractivity contribution < 1.29 is 34.0 Å². The average Bonchev–Trinajstić information content (AvgIpc) is 2.96. The van der Waals surface area contributed by atoms with E-state index in [2.05, 4.69) is 13.0 Å². The molecule has 4 aliphatic heterocycles. The van der Waals surface area contributed by atoms with Gasteiger partial charge >= 0.3 is 11.9 Å². The molecular formula is C28H38O7. The molecule has 1 saturated carbocycles. The minimum atomic E-state index is -1.46. The Hall–Kier alpha value is -1.70. The van der Waals surface area contributed by atoms with Crippen LogP contribution in [0.1, 0.15) is 85.5 Å². The first-order valence-corrected chi connectivity index (χ1v) is 13.4. The predicted molar refractivity (Wildman–Crippen MR) is 126 cm³/mol. The van der Waals surface area contributed by atoms with Gasteiger partial charge in [0, 0.05) is 35.7 Å². The molecule has 2 bridgehead atoms. The number of carbonyl (C=O) groups is 2. The van der Waals surface area contributed by atoms with Crippen LogP contribution in [0, 0.1) is 23.2 Å².